The number of benzene rings is 1. The molecule has 5 nitrogen and oxygen atoms in total. The average Bonchev–Trinajstić information content (AvgIpc) is 2.34. The Morgan fingerprint density at radius 1 is 1.29 bits per heavy atom. The van der Waals surface area contributed by atoms with Crippen molar-refractivity contribution in [2.24, 2.45) is 0 Å². The average molecular weight is 229 g/mol. The summed E-state index contributed by atoms with van der Waals surface area (Å²) in [4.78, 5) is 15.7. The van der Waals surface area contributed by atoms with Gasteiger partial charge in [0.2, 0.25) is 0 Å². The number of carbonyl (C=O) groups excluding carboxylic acids is 1. The molecule has 0 aliphatic heterocycles. The summed E-state index contributed by atoms with van der Waals surface area (Å²) in [5.41, 5.74) is 6.70. The van der Waals surface area contributed by atoms with Crippen molar-refractivity contribution in [2.45, 2.75) is 0 Å². The van der Waals surface area contributed by atoms with Gasteiger partial charge in [-0.25, -0.2) is 0 Å². The van der Waals surface area contributed by atoms with Crippen molar-refractivity contribution in [3.8, 4) is 5.75 Å². The fourth-order valence-electron chi connectivity index (χ4n) is 1.35. The number of aromatic hydroxyl groups is 1. The van der Waals surface area contributed by atoms with Crippen LogP contribution in [0.3, 0.4) is 0 Å². The summed E-state index contributed by atoms with van der Waals surface area (Å²) in [6, 6.07) is 9.41. The SMILES string of the molecule is Nc1cc(O)ccc1NC(=O)c1ccccn1. The van der Waals surface area contributed by atoms with Gasteiger partial charge in [0.05, 0.1) is 11.4 Å². The summed E-state index contributed by atoms with van der Waals surface area (Å²) in [6.07, 6.45) is 1.54. The summed E-state index contributed by atoms with van der Waals surface area (Å²) in [5.74, 6) is -0.290. The number of carbonyl (C=O) groups is 1. The van der Waals surface area contributed by atoms with E-state index >= 15 is 0 Å². The first-order valence-corrected chi connectivity index (χ1v) is 4.97. The molecule has 5 heteroatoms. The highest BCUT2D eigenvalue weighted by atomic mass is 16.3. The van der Waals surface area contributed by atoms with Crippen molar-refractivity contribution in [3.63, 3.8) is 0 Å². The third kappa shape index (κ3) is 2.52. The molecule has 17 heavy (non-hydrogen) atoms. The minimum absolute atomic E-state index is 0.0540. The van der Waals surface area contributed by atoms with Crippen LogP contribution in [0.15, 0.2) is 42.6 Å². The Morgan fingerprint density at radius 2 is 2.12 bits per heavy atom. The molecule has 0 bridgehead atoms. The monoisotopic (exact) mass is 229 g/mol. The topological polar surface area (TPSA) is 88.2 Å². The van der Waals surface area contributed by atoms with Crippen LogP contribution in [-0.4, -0.2) is 16.0 Å². The quantitative estimate of drug-likeness (QED) is 0.539. The van der Waals surface area contributed by atoms with Crippen LogP contribution in [0.5, 0.6) is 5.75 Å². The van der Waals surface area contributed by atoms with E-state index in [9.17, 15) is 9.90 Å². The first-order valence-electron chi connectivity index (χ1n) is 4.97. The molecule has 0 radical (unpaired) electrons. The number of pyridine rings is 1. The maximum Gasteiger partial charge on any atom is 0.274 e. The molecule has 0 atom stereocenters. The molecule has 2 rings (SSSR count). The molecular formula is C12H11N3O2. The third-order valence-electron chi connectivity index (χ3n) is 2.18. The summed E-state index contributed by atoms with van der Waals surface area (Å²) >= 11 is 0. The van der Waals surface area contributed by atoms with E-state index in [0.29, 0.717) is 17.1 Å². The maximum absolute atomic E-state index is 11.8. The first-order chi connectivity index (χ1) is 8.16. The van der Waals surface area contributed by atoms with E-state index < -0.39 is 0 Å². The van der Waals surface area contributed by atoms with E-state index in [1.54, 1.807) is 18.2 Å². The molecule has 0 aliphatic carbocycles. The number of anilines is 2. The van der Waals surface area contributed by atoms with Gasteiger partial charge in [-0.2, -0.15) is 0 Å². The number of hydrogen-bond donors (Lipinski definition) is 3. The number of aromatic nitrogens is 1. The molecule has 1 amide bonds. The van der Waals surface area contributed by atoms with E-state index in [1.165, 1.54) is 24.4 Å². The molecule has 0 fully saturated rings. The van der Waals surface area contributed by atoms with Crippen molar-refractivity contribution in [1.29, 1.82) is 0 Å². The number of nitrogen functional groups attached to an aromatic ring is 1. The zero-order valence-electron chi connectivity index (χ0n) is 8.92. The van der Waals surface area contributed by atoms with Crippen molar-refractivity contribution < 1.29 is 9.90 Å². The van der Waals surface area contributed by atoms with Gasteiger partial charge < -0.3 is 16.2 Å². The summed E-state index contributed by atoms with van der Waals surface area (Å²) in [7, 11) is 0. The van der Waals surface area contributed by atoms with Crippen molar-refractivity contribution in [1.82, 2.24) is 4.98 Å². The molecule has 0 spiro atoms. The molecule has 1 aromatic carbocycles. The second-order valence-corrected chi connectivity index (χ2v) is 3.44. The molecule has 2 aromatic rings. The van der Waals surface area contributed by atoms with Gasteiger partial charge in [0.25, 0.3) is 5.91 Å². The standard InChI is InChI=1S/C12H11N3O2/c13-9-7-8(16)4-5-10(9)15-12(17)11-3-1-2-6-14-11/h1-7,16H,13H2,(H,15,17). The van der Waals surface area contributed by atoms with Crippen LogP contribution in [-0.2, 0) is 0 Å². The first kappa shape index (κ1) is 10.9. The number of nitrogens with zero attached hydrogens (tertiary/aromatic N) is 1. The van der Waals surface area contributed by atoms with Gasteiger partial charge in [0.15, 0.2) is 0 Å². The lowest BCUT2D eigenvalue weighted by atomic mass is 10.2. The Morgan fingerprint density at radius 3 is 2.76 bits per heavy atom. The van der Waals surface area contributed by atoms with E-state index in [4.69, 9.17) is 5.73 Å². The van der Waals surface area contributed by atoms with Crippen LogP contribution >= 0.6 is 0 Å². The predicted molar refractivity (Wildman–Crippen MR) is 64.7 cm³/mol. The van der Waals surface area contributed by atoms with Crippen LogP contribution in [0.4, 0.5) is 11.4 Å². The second kappa shape index (κ2) is 4.52. The molecule has 0 saturated carbocycles. The van der Waals surface area contributed by atoms with Crippen LogP contribution in [0.1, 0.15) is 10.5 Å². The summed E-state index contributed by atoms with van der Waals surface area (Å²) < 4.78 is 0. The Bertz CT molecular complexity index is 541. The Kier molecular flexibility index (Phi) is 2.91. The van der Waals surface area contributed by atoms with Crippen LogP contribution < -0.4 is 11.1 Å². The molecule has 1 aromatic heterocycles. The smallest absolute Gasteiger partial charge is 0.274 e. The van der Waals surface area contributed by atoms with E-state index in [1.807, 2.05) is 0 Å². The third-order valence-corrected chi connectivity index (χ3v) is 2.18. The van der Waals surface area contributed by atoms with Crippen molar-refractivity contribution in [2.75, 3.05) is 11.1 Å². The van der Waals surface area contributed by atoms with Gasteiger partial charge in [-0.1, -0.05) is 6.07 Å². The van der Waals surface area contributed by atoms with Gasteiger partial charge >= 0.3 is 0 Å². The fourth-order valence-corrected chi connectivity index (χ4v) is 1.35. The predicted octanol–water partition coefficient (Wildman–Crippen LogP) is 1.62. The number of amides is 1. The van der Waals surface area contributed by atoms with Gasteiger partial charge in [0, 0.05) is 12.3 Å². The molecule has 0 saturated heterocycles. The number of hydrogen-bond acceptors (Lipinski definition) is 4. The van der Waals surface area contributed by atoms with Gasteiger partial charge in [-0.15, -0.1) is 0 Å². The summed E-state index contributed by atoms with van der Waals surface area (Å²) in [5, 5.41) is 11.8. The number of phenols is 1. The van der Waals surface area contributed by atoms with Gasteiger partial charge in [-0.3, -0.25) is 9.78 Å². The van der Waals surface area contributed by atoms with E-state index in [2.05, 4.69) is 10.3 Å². The lowest BCUT2D eigenvalue weighted by Crippen LogP contribution is -2.14. The number of rotatable bonds is 2. The van der Waals surface area contributed by atoms with Gasteiger partial charge in [-0.05, 0) is 24.3 Å². The highest BCUT2D eigenvalue weighted by Crippen LogP contribution is 2.23. The maximum atomic E-state index is 11.8. The fraction of sp³-hybridized carbons (Fsp3) is 0. The van der Waals surface area contributed by atoms with Crippen LogP contribution in [0.2, 0.25) is 0 Å². The highest BCUT2D eigenvalue weighted by Gasteiger charge is 2.08. The van der Waals surface area contributed by atoms with E-state index in [-0.39, 0.29) is 11.7 Å². The van der Waals surface area contributed by atoms with Crippen LogP contribution in [0, 0.1) is 0 Å². The Balaban J connectivity index is 2.19. The largest absolute Gasteiger partial charge is 0.508 e. The molecule has 0 aliphatic rings. The second-order valence-electron chi connectivity index (χ2n) is 3.44. The molecule has 4 N–H and O–H groups in total. The molecule has 1 heterocycles. The minimum Gasteiger partial charge on any atom is -0.508 e. The molecule has 0 unspecified atom stereocenters. The highest BCUT2D eigenvalue weighted by molar-refractivity contribution is 6.04. The van der Waals surface area contributed by atoms with Crippen molar-refractivity contribution in [3.05, 3.63) is 48.3 Å². The van der Waals surface area contributed by atoms with Gasteiger partial charge in [0.1, 0.15) is 11.4 Å². The zero-order valence-corrected chi connectivity index (χ0v) is 8.92. The Labute approximate surface area is 97.9 Å². The lowest BCUT2D eigenvalue weighted by molar-refractivity contribution is 0.102. The van der Waals surface area contributed by atoms with E-state index in [0.717, 1.165) is 0 Å². The lowest BCUT2D eigenvalue weighted by Gasteiger charge is -2.07. The molecular weight excluding hydrogens is 218 g/mol. The number of phenolic OH excluding ortho intramolecular Hbond substituents is 1. The number of nitrogens with two attached hydrogens (primary N) is 1. The number of nitrogens with one attached hydrogen (secondary N) is 1. The Hall–Kier alpha value is -2.56. The summed E-state index contributed by atoms with van der Waals surface area (Å²) in [6.45, 7) is 0. The normalized spacial score (nSPS) is 9.88. The minimum atomic E-state index is -0.344. The molecule has 86 valence electrons. The van der Waals surface area contributed by atoms with Crippen molar-refractivity contribution >= 4 is 17.3 Å². The zero-order chi connectivity index (χ0) is 12.3. The van der Waals surface area contributed by atoms with Crippen LogP contribution in [0.25, 0.3) is 0 Å².